The lowest BCUT2D eigenvalue weighted by Gasteiger charge is -2.14. The van der Waals surface area contributed by atoms with Crippen molar-refractivity contribution >= 4 is 17.8 Å². The van der Waals surface area contributed by atoms with Crippen LogP contribution in [0.25, 0.3) is 0 Å². The molecule has 0 bridgehead atoms. The predicted molar refractivity (Wildman–Crippen MR) is 49.2 cm³/mol. The molecule has 0 aromatic rings. The van der Waals surface area contributed by atoms with Crippen LogP contribution in [-0.4, -0.2) is 46.0 Å². The van der Waals surface area contributed by atoms with Gasteiger partial charge in [0.05, 0.1) is 5.92 Å². The van der Waals surface area contributed by atoms with Gasteiger partial charge in [-0.05, 0) is 6.42 Å². The number of amides is 1. The zero-order chi connectivity index (χ0) is 11.4. The first-order valence-electron chi connectivity index (χ1n) is 4.73. The van der Waals surface area contributed by atoms with Crippen molar-refractivity contribution < 1.29 is 24.6 Å². The van der Waals surface area contributed by atoms with Gasteiger partial charge in [-0.25, -0.2) is 0 Å². The van der Waals surface area contributed by atoms with E-state index >= 15 is 0 Å². The average molecular weight is 215 g/mol. The quantitative estimate of drug-likeness (QED) is 0.661. The third-order valence-electron chi connectivity index (χ3n) is 2.38. The molecule has 1 atom stereocenters. The first-order chi connectivity index (χ1) is 7.00. The number of nitrogens with zero attached hydrogens (tertiary/aromatic N) is 1. The van der Waals surface area contributed by atoms with Crippen molar-refractivity contribution in [2.45, 2.75) is 19.3 Å². The molecular weight excluding hydrogens is 202 g/mol. The summed E-state index contributed by atoms with van der Waals surface area (Å²) in [5.41, 5.74) is 0. The minimum absolute atomic E-state index is 0.00151. The van der Waals surface area contributed by atoms with Crippen molar-refractivity contribution in [2.24, 2.45) is 5.92 Å². The van der Waals surface area contributed by atoms with E-state index in [1.165, 1.54) is 4.90 Å². The third-order valence-corrected chi connectivity index (χ3v) is 2.38. The molecule has 6 nitrogen and oxygen atoms in total. The second-order valence-electron chi connectivity index (χ2n) is 3.58. The first-order valence-corrected chi connectivity index (χ1v) is 4.73. The highest BCUT2D eigenvalue weighted by Crippen LogP contribution is 2.18. The molecule has 0 spiro atoms. The lowest BCUT2D eigenvalue weighted by Crippen LogP contribution is -2.27. The van der Waals surface area contributed by atoms with E-state index in [0.717, 1.165) is 0 Å². The van der Waals surface area contributed by atoms with E-state index in [2.05, 4.69) is 0 Å². The van der Waals surface area contributed by atoms with Crippen LogP contribution in [-0.2, 0) is 14.4 Å². The summed E-state index contributed by atoms with van der Waals surface area (Å²) in [6.07, 6.45) is 0.400. The van der Waals surface area contributed by atoms with Crippen LogP contribution in [0.3, 0.4) is 0 Å². The maximum Gasteiger partial charge on any atom is 0.308 e. The second-order valence-corrected chi connectivity index (χ2v) is 3.58. The van der Waals surface area contributed by atoms with Crippen molar-refractivity contribution in [3.05, 3.63) is 0 Å². The van der Waals surface area contributed by atoms with E-state index in [9.17, 15) is 14.4 Å². The minimum Gasteiger partial charge on any atom is -0.481 e. The molecule has 0 aliphatic carbocycles. The molecule has 0 radical (unpaired) electrons. The molecule has 84 valence electrons. The largest absolute Gasteiger partial charge is 0.481 e. The zero-order valence-corrected chi connectivity index (χ0v) is 8.18. The van der Waals surface area contributed by atoms with Crippen LogP contribution in [0.2, 0.25) is 0 Å². The van der Waals surface area contributed by atoms with E-state index < -0.39 is 17.9 Å². The van der Waals surface area contributed by atoms with Gasteiger partial charge in [0.25, 0.3) is 0 Å². The van der Waals surface area contributed by atoms with Gasteiger partial charge in [-0.1, -0.05) is 0 Å². The molecule has 0 saturated carbocycles. The van der Waals surface area contributed by atoms with Gasteiger partial charge in [0.2, 0.25) is 5.91 Å². The van der Waals surface area contributed by atoms with Gasteiger partial charge < -0.3 is 15.1 Å². The van der Waals surface area contributed by atoms with Crippen LogP contribution in [0.15, 0.2) is 0 Å². The Morgan fingerprint density at radius 1 is 1.40 bits per heavy atom. The molecule has 1 heterocycles. The van der Waals surface area contributed by atoms with Crippen molar-refractivity contribution in [3.63, 3.8) is 0 Å². The Hall–Kier alpha value is -1.59. The highest BCUT2D eigenvalue weighted by Gasteiger charge is 2.33. The first kappa shape index (κ1) is 11.5. The van der Waals surface area contributed by atoms with Gasteiger partial charge in [0.15, 0.2) is 0 Å². The van der Waals surface area contributed by atoms with Crippen LogP contribution in [0.4, 0.5) is 0 Å². The molecule has 0 unspecified atom stereocenters. The molecule has 0 aromatic heterocycles. The van der Waals surface area contributed by atoms with Gasteiger partial charge in [0.1, 0.15) is 0 Å². The van der Waals surface area contributed by atoms with Crippen LogP contribution >= 0.6 is 0 Å². The molecule has 1 aliphatic rings. The summed E-state index contributed by atoms with van der Waals surface area (Å²) in [6.45, 7) is 0.530. The Bertz CT molecular complexity index is 288. The molecule has 1 aliphatic heterocycles. The summed E-state index contributed by atoms with van der Waals surface area (Å²) < 4.78 is 0. The highest BCUT2D eigenvalue weighted by atomic mass is 16.4. The fourth-order valence-corrected chi connectivity index (χ4v) is 1.57. The fraction of sp³-hybridized carbons (Fsp3) is 0.667. The Morgan fingerprint density at radius 3 is 2.53 bits per heavy atom. The summed E-state index contributed by atoms with van der Waals surface area (Å²) in [5.74, 6) is -2.71. The molecule has 1 amide bonds. The number of carbonyl (C=O) groups excluding carboxylic acids is 1. The standard InChI is InChI=1S/C9H13NO5/c11-7-4-6(9(14)15)5-10(7)3-1-2-8(12)13/h6H,1-5H2,(H,12,13)(H,14,15)/t6-/m1/s1. The van der Waals surface area contributed by atoms with Gasteiger partial charge in [-0.15, -0.1) is 0 Å². The summed E-state index contributed by atoms with van der Waals surface area (Å²) >= 11 is 0. The highest BCUT2D eigenvalue weighted by molar-refractivity contribution is 5.86. The summed E-state index contributed by atoms with van der Waals surface area (Å²) in [5, 5.41) is 17.1. The topological polar surface area (TPSA) is 94.9 Å². The monoisotopic (exact) mass is 215 g/mol. The maximum absolute atomic E-state index is 11.3. The number of hydrogen-bond acceptors (Lipinski definition) is 3. The number of aliphatic carboxylic acids is 2. The lowest BCUT2D eigenvalue weighted by molar-refractivity contribution is -0.141. The molecule has 1 fully saturated rings. The summed E-state index contributed by atoms with van der Waals surface area (Å²) in [6, 6.07) is 0. The van der Waals surface area contributed by atoms with E-state index in [4.69, 9.17) is 10.2 Å². The van der Waals surface area contributed by atoms with E-state index in [1.807, 2.05) is 0 Å². The SMILES string of the molecule is O=C(O)CCCN1C[C@H](C(=O)O)CC1=O. The fourth-order valence-electron chi connectivity index (χ4n) is 1.57. The van der Waals surface area contributed by atoms with Gasteiger partial charge in [0, 0.05) is 25.9 Å². The molecular formula is C9H13NO5. The number of hydrogen-bond donors (Lipinski definition) is 2. The molecule has 1 saturated heterocycles. The van der Waals surface area contributed by atoms with Crippen LogP contribution in [0.5, 0.6) is 0 Å². The number of rotatable bonds is 5. The smallest absolute Gasteiger partial charge is 0.308 e. The second kappa shape index (κ2) is 4.77. The Morgan fingerprint density at radius 2 is 2.07 bits per heavy atom. The van der Waals surface area contributed by atoms with Crippen molar-refractivity contribution in [3.8, 4) is 0 Å². The van der Waals surface area contributed by atoms with Crippen LogP contribution in [0, 0.1) is 5.92 Å². The van der Waals surface area contributed by atoms with Gasteiger partial charge >= 0.3 is 11.9 Å². The number of carboxylic acid groups (broad SMARTS) is 2. The molecule has 0 aromatic carbocycles. The predicted octanol–water partition coefficient (Wildman–Crippen LogP) is -0.216. The minimum atomic E-state index is -0.968. The Balaban J connectivity index is 2.34. The number of likely N-dealkylation sites (tertiary alicyclic amines) is 1. The number of carboxylic acids is 2. The summed E-state index contributed by atoms with van der Waals surface area (Å²) in [7, 11) is 0. The molecule has 15 heavy (non-hydrogen) atoms. The van der Waals surface area contributed by atoms with E-state index in [0.29, 0.717) is 13.0 Å². The average Bonchev–Trinajstić information content (AvgIpc) is 2.47. The van der Waals surface area contributed by atoms with Crippen molar-refractivity contribution in [1.82, 2.24) is 4.90 Å². The summed E-state index contributed by atoms with van der Waals surface area (Å²) in [4.78, 5) is 33.5. The van der Waals surface area contributed by atoms with Crippen molar-refractivity contribution in [2.75, 3.05) is 13.1 Å². The zero-order valence-electron chi connectivity index (χ0n) is 8.18. The molecule has 1 rings (SSSR count). The van der Waals surface area contributed by atoms with Gasteiger partial charge in [-0.2, -0.15) is 0 Å². The normalized spacial score (nSPS) is 20.7. The van der Waals surface area contributed by atoms with E-state index in [-0.39, 0.29) is 25.3 Å². The molecule has 6 heteroatoms. The lowest BCUT2D eigenvalue weighted by atomic mass is 10.1. The number of carbonyl (C=O) groups is 3. The maximum atomic E-state index is 11.3. The molecule has 2 N–H and O–H groups in total. The third kappa shape index (κ3) is 3.23. The Labute approximate surface area is 86.5 Å². The van der Waals surface area contributed by atoms with E-state index in [1.54, 1.807) is 0 Å². The van der Waals surface area contributed by atoms with Crippen molar-refractivity contribution in [1.29, 1.82) is 0 Å². The van der Waals surface area contributed by atoms with Gasteiger partial charge in [-0.3, -0.25) is 14.4 Å². The Kier molecular flexibility index (Phi) is 3.65. The van der Waals surface area contributed by atoms with Crippen LogP contribution in [0.1, 0.15) is 19.3 Å². The van der Waals surface area contributed by atoms with Crippen LogP contribution < -0.4 is 0 Å².